The molecule has 3 aromatic rings. The fourth-order valence-corrected chi connectivity index (χ4v) is 2.69. The van der Waals surface area contributed by atoms with Crippen LogP contribution in [-0.4, -0.2) is 27.3 Å². The number of nitrogens with one attached hydrogen (secondary N) is 1. The summed E-state index contributed by atoms with van der Waals surface area (Å²) in [7, 11) is 0. The summed E-state index contributed by atoms with van der Waals surface area (Å²) in [5.41, 5.74) is 2.58. The van der Waals surface area contributed by atoms with Gasteiger partial charge in [-0.25, -0.2) is 4.98 Å². The predicted molar refractivity (Wildman–Crippen MR) is 104 cm³/mol. The minimum Gasteiger partial charge on any atom is -0.332 e. The number of carbonyl (C=O) groups is 1. The van der Waals surface area contributed by atoms with E-state index in [1.807, 2.05) is 44.2 Å². The molecule has 5 nitrogen and oxygen atoms in total. The normalized spacial score (nSPS) is 11.2. The molecular weight excluding hydrogens is 326 g/mol. The quantitative estimate of drug-likeness (QED) is 0.720. The number of aromatic nitrogens is 2. The van der Waals surface area contributed by atoms with Crippen LogP contribution in [0.2, 0.25) is 0 Å². The van der Waals surface area contributed by atoms with Crippen LogP contribution in [0.25, 0.3) is 17.0 Å². The summed E-state index contributed by atoms with van der Waals surface area (Å²) in [5, 5.41) is 0.546. The summed E-state index contributed by atoms with van der Waals surface area (Å²) in [4.78, 5) is 33.5. The van der Waals surface area contributed by atoms with E-state index in [0.29, 0.717) is 23.3 Å². The largest absolute Gasteiger partial charge is 0.332 e. The van der Waals surface area contributed by atoms with Gasteiger partial charge in [0.05, 0.1) is 17.4 Å². The number of aryl methyl sites for hydroxylation is 1. The van der Waals surface area contributed by atoms with Crippen LogP contribution in [-0.2, 0) is 11.3 Å². The van der Waals surface area contributed by atoms with Gasteiger partial charge in [0.2, 0.25) is 5.91 Å². The topological polar surface area (TPSA) is 66.1 Å². The lowest BCUT2D eigenvalue weighted by molar-refractivity contribution is -0.126. The number of rotatable bonds is 5. The molecule has 0 saturated heterocycles. The van der Waals surface area contributed by atoms with Crippen molar-refractivity contribution in [3.63, 3.8) is 0 Å². The van der Waals surface area contributed by atoms with Crippen LogP contribution in [0, 0.1) is 6.92 Å². The Bertz CT molecular complexity index is 1000. The highest BCUT2D eigenvalue weighted by Gasteiger charge is 2.12. The monoisotopic (exact) mass is 347 g/mol. The van der Waals surface area contributed by atoms with E-state index in [9.17, 15) is 9.59 Å². The number of fused-ring (bicyclic) bond motifs is 1. The van der Waals surface area contributed by atoms with E-state index in [0.717, 1.165) is 5.56 Å². The molecule has 0 bridgehead atoms. The van der Waals surface area contributed by atoms with Crippen LogP contribution in [0.5, 0.6) is 0 Å². The average Bonchev–Trinajstić information content (AvgIpc) is 2.65. The van der Waals surface area contributed by atoms with Crippen LogP contribution < -0.4 is 5.56 Å². The maximum atomic E-state index is 12.5. The van der Waals surface area contributed by atoms with E-state index in [4.69, 9.17) is 0 Å². The van der Waals surface area contributed by atoms with Gasteiger partial charge in [0.1, 0.15) is 5.82 Å². The zero-order valence-electron chi connectivity index (χ0n) is 14.9. The molecule has 0 spiro atoms. The zero-order valence-corrected chi connectivity index (χ0v) is 14.9. The Morgan fingerprint density at radius 3 is 2.62 bits per heavy atom. The molecule has 3 rings (SSSR count). The molecule has 0 radical (unpaired) electrons. The van der Waals surface area contributed by atoms with Gasteiger partial charge in [0.15, 0.2) is 0 Å². The number of benzene rings is 2. The van der Waals surface area contributed by atoms with E-state index >= 15 is 0 Å². The van der Waals surface area contributed by atoms with Gasteiger partial charge < -0.3 is 9.88 Å². The smallest absolute Gasteiger partial charge is 0.258 e. The summed E-state index contributed by atoms with van der Waals surface area (Å²) in [6, 6.07) is 15.1. The number of hydrogen-bond acceptors (Lipinski definition) is 3. The fourth-order valence-electron chi connectivity index (χ4n) is 2.69. The Kier molecular flexibility index (Phi) is 5.27. The molecule has 1 N–H and O–H groups in total. The second-order valence-corrected chi connectivity index (χ2v) is 6.13. The van der Waals surface area contributed by atoms with Crippen molar-refractivity contribution in [2.24, 2.45) is 0 Å². The van der Waals surface area contributed by atoms with Gasteiger partial charge in [-0.05, 0) is 37.6 Å². The summed E-state index contributed by atoms with van der Waals surface area (Å²) in [6.45, 7) is 4.70. The number of likely N-dealkylation sites (N-methyl/N-ethyl adjacent to an activating group) is 1. The standard InChI is InChI=1S/C21H21N3O2/c1-3-24(20(25)13-12-16-10-8-15(2)9-11-16)14-19-22-18-7-5-4-6-17(18)21(26)23-19/h4-13H,3,14H2,1-2H3,(H,22,23,26). The molecule has 0 aliphatic heterocycles. The van der Waals surface area contributed by atoms with Crippen molar-refractivity contribution in [3.8, 4) is 0 Å². The van der Waals surface area contributed by atoms with Gasteiger partial charge in [0.25, 0.3) is 5.56 Å². The zero-order chi connectivity index (χ0) is 18.5. The molecule has 0 unspecified atom stereocenters. The van der Waals surface area contributed by atoms with Crippen molar-refractivity contribution in [1.82, 2.24) is 14.9 Å². The van der Waals surface area contributed by atoms with Crippen LogP contribution in [0.1, 0.15) is 23.9 Å². The lowest BCUT2D eigenvalue weighted by atomic mass is 10.1. The molecule has 1 aromatic heterocycles. The first-order valence-corrected chi connectivity index (χ1v) is 8.58. The number of aromatic amines is 1. The van der Waals surface area contributed by atoms with E-state index < -0.39 is 0 Å². The van der Waals surface area contributed by atoms with Gasteiger partial charge in [-0.3, -0.25) is 9.59 Å². The van der Waals surface area contributed by atoms with Gasteiger partial charge in [-0.1, -0.05) is 42.0 Å². The molecule has 0 atom stereocenters. The van der Waals surface area contributed by atoms with Crippen LogP contribution in [0.3, 0.4) is 0 Å². The third-order valence-electron chi connectivity index (χ3n) is 4.19. The number of hydrogen-bond donors (Lipinski definition) is 1. The third-order valence-corrected chi connectivity index (χ3v) is 4.19. The Morgan fingerprint density at radius 2 is 1.88 bits per heavy atom. The van der Waals surface area contributed by atoms with Crippen molar-refractivity contribution < 1.29 is 4.79 Å². The second kappa shape index (κ2) is 7.78. The van der Waals surface area contributed by atoms with E-state index in [-0.39, 0.29) is 18.0 Å². The third kappa shape index (κ3) is 4.06. The highest BCUT2D eigenvalue weighted by atomic mass is 16.2. The highest BCUT2D eigenvalue weighted by molar-refractivity contribution is 5.91. The Hall–Kier alpha value is -3.21. The maximum Gasteiger partial charge on any atom is 0.258 e. The lowest BCUT2D eigenvalue weighted by Gasteiger charge is -2.18. The number of H-pyrrole nitrogens is 1. The van der Waals surface area contributed by atoms with Crippen LogP contribution in [0.4, 0.5) is 0 Å². The number of carbonyl (C=O) groups excluding carboxylic acids is 1. The molecule has 0 aliphatic rings. The lowest BCUT2D eigenvalue weighted by Crippen LogP contribution is -2.30. The Morgan fingerprint density at radius 1 is 1.15 bits per heavy atom. The molecular formula is C21H21N3O2. The maximum absolute atomic E-state index is 12.5. The molecule has 1 amide bonds. The Balaban J connectivity index is 1.77. The second-order valence-electron chi connectivity index (χ2n) is 6.13. The minimum atomic E-state index is -0.190. The first-order chi connectivity index (χ1) is 12.6. The van der Waals surface area contributed by atoms with E-state index in [1.54, 1.807) is 35.3 Å². The molecule has 1 heterocycles. The molecule has 0 saturated carbocycles. The van der Waals surface area contributed by atoms with Gasteiger partial charge in [-0.15, -0.1) is 0 Å². The molecule has 0 fully saturated rings. The minimum absolute atomic E-state index is 0.121. The summed E-state index contributed by atoms with van der Waals surface area (Å²) in [6.07, 6.45) is 3.34. The van der Waals surface area contributed by atoms with E-state index in [2.05, 4.69) is 9.97 Å². The van der Waals surface area contributed by atoms with Gasteiger partial charge in [0, 0.05) is 12.6 Å². The molecule has 26 heavy (non-hydrogen) atoms. The molecule has 2 aromatic carbocycles. The molecule has 132 valence electrons. The number of para-hydroxylation sites is 1. The fraction of sp³-hybridized carbons (Fsp3) is 0.190. The number of nitrogens with zero attached hydrogens (tertiary/aromatic N) is 2. The van der Waals surface area contributed by atoms with Crippen molar-refractivity contribution in [1.29, 1.82) is 0 Å². The van der Waals surface area contributed by atoms with Crippen LogP contribution >= 0.6 is 0 Å². The van der Waals surface area contributed by atoms with Crippen molar-refractivity contribution in [2.45, 2.75) is 20.4 Å². The number of amides is 1. The molecule has 0 aliphatic carbocycles. The van der Waals surface area contributed by atoms with Gasteiger partial charge in [-0.2, -0.15) is 0 Å². The average molecular weight is 347 g/mol. The van der Waals surface area contributed by atoms with Crippen molar-refractivity contribution >= 4 is 22.9 Å². The first-order valence-electron chi connectivity index (χ1n) is 8.58. The Labute approximate surface area is 152 Å². The summed E-state index contributed by atoms with van der Waals surface area (Å²) < 4.78 is 0. The highest BCUT2D eigenvalue weighted by Crippen LogP contribution is 2.09. The SMILES string of the molecule is CCN(Cc1nc2ccccc2c(=O)[nH]1)C(=O)C=Cc1ccc(C)cc1. The van der Waals surface area contributed by atoms with Crippen molar-refractivity contribution in [3.05, 3.63) is 81.9 Å². The summed E-state index contributed by atoms with van der Waals surface area (Å²) >= 11 is 0. The van der Waals surface area contributed by atoms with E-state index in [1.165, 1.54) is 5.56 Å². The van der Waals surface area contributed by atoms with Gasteiger partial charge >= 0.3 is 0 Å². The molecule has 5 heteroatoms. The predicted octanol–water partition coefficient (Wildman–Crippen LogP) is 3.29. The van der Waals surface area contributed by atoms with Crippen molar-refractivity contribution in [2.75, 3.05) is 6.54 Å². The summed E-state index contributed by atoms with van der Waals surface area (Å²) in [5.74, 6) is 0.358. The first kappa shape index (κ1) is 17.6. The van der Waals surface area contributed by atoms with Crippen LogP contribution in [0.15, 0.2) is 59.4 Å².